The van der Waals surface area contributed by atoms with Gasteiger partial charge in [0.05, 0.1) is 34.0 Å². The monoisotopic (exact) mass is 404 g/mol. The molecule has 0 aliphatic heterocycles. The van der Waals surface area contributed by atoms with Gasteiger partial charge in [0.1, 0.15) is 5.75 Å². The molecule has 2 aromatic carbocycles. The van der Waals surface area contributed by atoms with Gasteiger partial charge in [-0.25, -0.2) is 0 Å². The highest BCUT2D eigenvalue weighted by Gasteiger charge is 2.13. The fraction of sp³-hybridized carbons (Fsp3) is 0.158. The minimum atomic E-state index is -0.472. The number of nitrogens with zero attached hydrogens (tertiary/aromatic N) is 2. The van der Waals surface area contributed by atoms with Crippen LogP contribution in [0.15, 0.2) is 41.4 Å². The summed E-state index contributed by atoms with van der Waals surface area (Å²) in [6.45, 7) is 2.79. The molecule has 0 atom stereocenters. The van der Waals surface area contributed by atoms with Crippen molar-refractivity contribution in [2.45, 2.75) is 13.5 Å². The average molecular weight is 405 g/mol. The molecule has 0 saturated carbocycles. The smallest absolute Gasteiger partial charge is 0.281 e. The van der Waals surface area contributed by atoms with Crippen molar-refractivity contribution in [2.24, 2.45) is 4.99 Å². The number of rotatable bonds is 4. The molecule has 26 heavy (non-hydrogen) atoms. The van der Waals surface area contributed by atoms with E-state index < -0.39 is 5.91 Å². The predicted molar refractivity (Wildman–Crippen MR) is 106 cm³/mol. The summed E-state index contributed by atoms with van der Waals surface area (Å²) in [4.78, 5) is 17.3. The van der Waals surface area contributed by atoms with Gasteiger partial charge in [-0.2, -0.15) is 4.99 Å². The van der Waals surface area contributed by atoms with Crippen LogP contribution in [0.4, 0.5) is 0 Å². The molecule has 7 heteroatoms. The molecule has 0 aliphatic rings. The molecular formula is C19H14Cl2N2O2S. The van der Waals surface area contributed by atoms with Crippen molar-refractivity contribution in [3.05, 3.63) is 56.8 Å². The van der Waals surface area contributed by atoms with E-state index in [1.807, 2.05) is 29.7 Å². The molecule has 0 spiro atoms. The Morgan fingerprint density at radius 3 is 2.85 bits per heavy atom. The lowest BCUT2D eigenvalue weighted by molar-refractivity contribution is 0.0998. The van der Waals surface area contributed by atoms with E-state index in [9.17, 15) is 4.79 Å². The van der Waals surface area contributed by atoms with E-state index in [1.54, 1.807) is 12.1 Å². The third kappa shape index (κ3) is 3.78. The molecule has 4 nitrogen and oxygen atoms in total. The van der Waals surface area contributed by atoms with E-state index in [0.29, 0.717) is 28.0 Å². The number of terminal acetylenes is 1. The molecule has 132 valence electrons. The molecule has 0 aliphatic carbocycles. The van der Waals surface area contributed by atoms with E-state index in [0.717, 1.165) is 16.0 Å². The van der Waals surface area contributed by atoms with E-state index >= 15 is 0 Å². The number of ether oxygens (including phenoxy) is 1. The topological polar surface area (TPSA) is 43.6 Å². The Balaban J connectivity index is 2.14. The second-order valence-corrected chi connectivity index (χ2v) is 7.13. The summed E-state index contributed by atoms with van der Waals surface area (Å²) in [5.41, 5.74) is 1.14. The second-order valence-electron chi connectivity index (χ2n) is 5.28. The first kappa shape index (κ1) is 18.5. The maximum atomic E-state index is 12.6. The normalized spacial score (nSPS) is 11.5. The van der Waals surface area contributed by atoms with Gasteiger partial charge in [0.25, 0.3) is 5.91 Å². The fourth-order valence-corrected chi connectivity index (χ4v) is 3.87. The van der Waals surface area contributed by atoms with Gasteiger partial charge in [-0.1, -0.05) is 40.5 Å². The summed E-state index contributed by atoms with van der Waals surface area (Å²) in [6, 6.07) is 10.4. The number of aromatic nitrogens is 1. The highest BCUT2D eigenvalue weighted by Crippen LogP contribution is 2.24. The van der Waals surface area contributed by atoms with Crippen molar-refractivity contribution < 1.29 is 9.53 Å². The zero-order valence-electron chi connectivity index (χ0n) is 13.8. The fourth-order valence-electron chi connectivity index (χ4n) is 2.45. The van der Waals surface area contributed by atoms with Crippen LogP contribution >= 0.6 is 34.5 Å². The summed E-state index contributed by atoms with van der Waals surface area (Å²) >= 11 is 13.4. The Morgan fingerprint density at radius 1 is 1.31 bits per heavy atom. The number of halogens is 2. The molecule has 3 rings (SSSR count). The minimum absolute atomic E-state index is 0.249. The molecule has 0 unspecified atom stereocenters. The molecule has 0 radical (unpaired) electrons. The van der Waals surface area contributed by atoms with Crippen LogP contribution in [0, 0.1) is 12.3 Å². The standard InChI is InChI=1S/C19H14Cl2N2O2S/c1-3-9-23-16-8-6-13(25-4-2)11-17(16)26-19(23)22-18(24)14-10-12(20)5-7-15(14)21/h1,5-8,10-11H,4,9H2,2H3. The van der Waals surface area contributed by atoms with Gasteiger partial charge in [0.15, 0.2) is 4.80 Å². The molecule has 0 N–H and O–H groups in total. The van der Waals surface area contributed by atoms with E-state index in [4.69, 9.17) is 34.4 Å². The highest BCUT2D eigenvalue weighted by atomic mass is 35.5. The van der Waals surface area contributed by atoms with Crippen LogP contribution in [-0.2, 0) is 6.54 Å². The lowest BCUT2D eigenvalue weighted by atomic mass is 10.2. The van der Waals surface area contributed by atoms with Crippen molar-refractivity contribution in [1.82, 2.24) is 4.57 Å². The molecule has 3 aromatic rings. The molecule has 1 heterocycles. The van der Waals surface area contributed by atoms with Crippen LogP contribution in [0.5, 0.6) is 5.75 Å². The summed E-state index contributed by atoms with van der Waals surface area (Å²) in [6.07, 6.45) is 5.49. The second kappa shape index (κ2) is 7.96. The van der Waals surface area contributed by atoms with Crippen LogP contribution in [0.25, 0.3) is 10.2 Å². The Hall–Kier alpha value is -2.26. The van der Waals surface area contributed by atoms with Crippen molar-refractivity contribution in [1.29, 1.82) is 0 Å². The molecule has 1 amide bonds. The van der Waals surface area contributed by atoms with E-state index in [2.05, 4.69) is 10.9 Å². The maximum Gasteiger partial charge on any atom is 0.281 e. The SMILES string of the molecule is C#CCn1c(=NC(=O)c2cc(Cl)ccc2Cl)sc2cc(OCC)ccc21. The van der Waals surface area contributed by atoms with Gasteiger partial charge in [0.2, 0.25) is 0 Å². The highest BCUT2D eigenvalue weighted by molar-refractivity contribution is 7.16. The lowest BCUT2D eigenvalue weighted by Crippen LogP contribution is -2.16. The van der Waals surface area contributed by atoms with Gasteiger partial charge in [0, 0.05) is 5.02 Å². The number of benzene rings is 2. The Labute approximate surface area is 164 Å². The van der Waals surface area contributed by atoms with Crippen LogP contribution in [0.2, 0.25) is 10.0 Å². The summed E-state index contributed by atoms with van der Waals surface area (Å²) in [5.74, 6) is 2.88. The number of carbonyl (C=O) groups excluding carboxylic acids is 1. The zero-order chi connectivity index (χ0) is 18.7. The van der Waals surface area contributed by atoms with Gasteiger partial charge in [-0.3, -0.25) is 4.79 Å². The molecule has 1 aromatic heterocycles. The Bertz CT molecular complexity index is 1090. The van der Waals surface area contributed by atoms with Crippen LogP contribution < -0.4 is 9.54 Å². The number of amides is 1. The first-order chi connectivity index (χ1) is 12.5. The first-order valence-corrected chi connectivity index (χ1v) is 9.34. The number of fused-ring (bicyclic) bond motifs is 1. The van der Waals surface area contributed by atoms with Crippen molar-refractivity contribution in [2.75, 3.05) is 6.61 Å². The van der Waals surface area contributed by atoms with Crippen molar-refractivity contribution in [3.8, 4) is 18.1 Å². The first-order valence-electron chi connectivity index (χ1n) is 7.77. The Morgan fingerprint density at radius 2 is 2.12 bits per heavy atom. The molecular weight excluding hydrogens is 391 g/mol. The molecule has 0 fully saturated rings. The lowest BCUT2D eigenvalue weighted by Gasteiger charge is -2.03. The third-order valence-electron chi connectivity index (χ3n) is 3.57. The third-order valence-corrected chi connectivity index (χ3v) is 5.18. The quantitative estimate of drug-likeness (QED) is 0.587. The van der Waals surface area contributed by atoms with Crippen molar-refractivity contribution in [3.63, 3.8) is 0 Å². The average Bonchev–Trinajstić information content (AvgIpc) is 2.94. The minimum Gasteiger partial charge on any atom is -0.494 e. The summed E-state index contributed by atoms with van der Waals surface area (Å²) < 4.78 is 8.27. The summed E-state index contributed by atoms with van der Waals surface area (Å²) in [5, 5.41) is 0.716. The molecule has 0 saturated heterocycles. The van der Waals surface area contributed by atoms with Gasteiger partial charge >= 0.3 is 0 Å². The number of hydrogen-bond donors (Lipinski definition) is 0. The number of thiazole rings is 1. The van der Waals surface area contributed by atoms with Gasteiger partial charge < -0.3 is 9.30 Å². The van der Waals surface area contributed by atoms with Crippen LogP contribution in [-0.4, -0.2) is 17.1 Å². The van der Waals surface area contributed by atoms with Crippen LogP contribution in [0.3, 0.4) is 0 Å². The van der Waals surface area contributed by atoms with Gasteiger partial charge in [-0.15, -0.1) is 6.42 Å². The van der Waals surface area contributed by atoms with Gasteiger partial charge in [-0.05, 0) is 43.3 Å². The summed E-state index contributed by atoms with van der Waals surface area (Å²) in [7, 11) is 0. The predicted octanol–water partition coefficient (Wildman–Crippen LogP) is 4.78. The van der Waals surface area contributed by atoms with Crippen LogP contribution in [0.1, 0.15) is 17.3 Å². The number of carbonyl (C=O) groups is 1. The van der Waals surface area contributed by atoms with E-state index in [-0.39, 0.29) is 5.56 Å². The largest absolute Gasteiger partial charge is 0.494 e. The van der Waals surface area contributed by atoms with Crippen molar-refractivity contribution >= 4 is 50.7 Å². The zero-order valence-corrected chi connectivity index (χ0v) is 16.2. The maximum absolute atomic E-state index is 12.6. The molecule has 0 bridgehead atoms. The Kier molecular flexibility index (Phi) is 5.67. The van der Waals surface area contributed by atoms with E-state index in [1.165, 1.54) is 17.4 Å². The number of hydrogen-bond acceptors (Lipinski definition) is 3.